The molecule has 0 aliphatic carbocycles. The van der Waals surface area contributed by atoms with Crippen LogP contribution in [0.5, 0.6) is 0 Å². The average Bonchev–Trinajstić information content (AvgIpc) is 3.09. The minimum atomic E-state index is -0.768. The number of ether oxygens (including phenoxy) is 2. The van der Waals surface area contributed by atoms with Crippen molar-refractivity contribution in [2.24, 2.45) is 0 Å². The predicted octanol–water partition coefficient (Wildman–Crippen LogP) is 13.1. The highest BCUT2D eigenvalue weighted by atomic mass is 16.6. The maximum atomic E-state index is 12.2. The second-order valence-electron chi connectivity index (χ2n) is 14.1. The molecule has 0 rings (SSSR count). The SMILES string of the molecule is CCCCC/C=C/C/C=C/CCCCCCCCCCCC(=O)O[C@@H](CO)COC(=O)CCCCCCCCCCCCCCCCC. The lowest BCUT2D eigenvalue weighted by Crippen LogP contribution is -2.28. The van der Waals surface area contributed by atoms with E-state index in [2.05, 4.69) is 38.2 Å². The quantitative estimate of drug-likeness (QED) is 0.0400. The summed E-state index contributed by atoms with van der Waals surface area (Å²) in [5.41, 5.74) is 0. The highest BCUT2D eigenvalue weighted by molar-refractivity contribution is 5.70. The van der Waals surface area contributed by atoms with Crippen molar-refractivity contribution < 1.29 is 24.2 Å². The molecule has 0 aromatic heterocycles. The van der Waals surface area contributed by atoms with Crippen LogP contribution < -0.4 is 0 Å². The van der Waals surface area contributed by atoms with Crippen molar-refractivity contribution in [3.63, 3.8) is 0 Å². The summed E-state index contributed by atoms with van der Waals surface area (Å²) in [5, 5.41) is 9.56. The molecule has 0 aliphatic heterocycles. The molecule has 48 heavy (non-hydrogen) atoms. The molecule has 0 saturated carbocycles. The Morgan fingerprint density at radius 1 is 0.479 bits per heavy atom. The Bertz CT molecular complexity index is 731. The summed E-state index contributed by atoms with van der Waals surface area (Å²) in [6.45, 7) is 4.13. The van der Waals surface area contributed by atoms with Crippen LogP contribution in [-0.4, -0.2) is 36.4 Å². The van der Waals surface area contributed by atoms with Gasteiger partial charge in [0.25, 0.3) is 0 Å². The van der Waals surface area contributed by atoms with Crippen molar-refractivity contribution in [3.05, 3.63) is 24.3 Å². The van der Waals surface area contributed by atoms with E-state index in [-0.39, 0.29) is 25.2 Å². The number of hydrogen-bond acceptors (Lipinski definition) is 5. The first kappa shape index (κ1) is 46.4. The second-order valence-corrected chi connectivity index (χ2v) is 14.1. The minimum Gasteiger partial charge on any atom is -0.462 e. The first-order valence-corrected chi connectivity index (χ1v) is 20.9. The topological polar surface area (TPSA) is 72.8 Å². The summed E-state index contributed by atoms with van der Waals surface area (Å²) >= 11 is 0. The van der Waals surface area contributed by atoms with Crippen molar-refractivity contribution in [2.45, 2.75) is 225 Å². The van der Waals surface area contributed by atoms with E-state index in [1.54, 1.807) is 0 Å². The number of allylic oxidation sites excluding steroid dienone is 4. The number of aliphatic hydroxyl groups is 1. The van der Waals surface area contributed by atoms with Crippen LogP contribution in [0.2, 0.25) is 0 Å². The smallest absolute Gasteiger partial charge is 0.306 e. The van der Waals surface area contributed by atoms with Crippen LogP contribution in [-0.2, 0) is 19.1 Å². The normalized spacial score (nSPS) is 12.3. The Labute approximate surface area is 298 Å². The summed E-state index contributed by atoms with van der Waals surface area (Å²) in [7, 11) is 0. The van der Waals surface area contributed by atoms with Gasteiger partial charge in [-0.05, 0) is 44.9 Å². The number of unbranched alkanes of at least 4 members (excludes halogenated alkanes) is 26. The third-order valence-corrected chi connectivity index (χ3v) is 9.25. The monoisotopic (exact) mass is 677 g/mol. The lowest BCUT2D eigenvalue weighted by Gasteiger charge is -2.15. The van der Waals surface area contributed by atoms with Crippen molar-refractivity contribution in [2.75, 3.05) is 13.2 Å². The molecule has 0 radical (unpaired) electrons. The molecule has 0 aliphatic rings. The standard InChI is InChI=1S/C43H80O5/c1-3-5-7-9-11-13-15-17-19-20-21-22-24-26-28-30-32-34-36-38-43(46)48-41(39-44)40-47-42(45)37-35-33-31-29-27-25-23-18-16-14-12-10-8-6-4-2/h11,13,17,19,41,44H,3-10,12,14-16,18,20-40H2,1-2H3/b13-11+,19-17+/t41-/m0/s1. The Hall–Kier alpha value is -1.62. The lowest BCUT2D eigenvalue weighted by atomic mass is 10.0. The maximum Gasteiger partial charge on any atom is 0.306 e. The van der Waals surface area contributed by atoms with Crippen molar-refractivity contribution >= 4 is 11.9 Å². The van der Waals surface area contributed by atoms with Crippen LogP contribution in [0.3, 0.4) is 0 Å². The summed E-state index contributed by atoms with van der Waals surface area (Å²) in [5.74, 6) is -0.586. The van der Waals surface area contributed by atoms with E-state index in [0.29, 0.717) is 12.8 Å². The van der Waals surface area contributed by atoms with Crippen molar-refractivity contribution in [3.8, 4) is 0 Å². The van der Waals surface area contributed by atoms with Crippen LogP contribution in [0, 0.1) is 0 Å². The zero-order valence-electron chi connectivity index (χ0n) is 32.0. The Kier molecular flexibility index (Phi) is 38.5. The lowest BCUT2D eigenvalue weighted by molar-refractivity contribution is -0.161. The fraction of sp³-hybridized carbons (Fsp3) is 0.860. The fourth-order valence-corrected chi connectivity index (χ4v) is 6.06. The first-order valence-electron chi connectivity index (χ1n) is 20.9. The summed E-state index contributed by atoms with van der Waals surface area (Å²) in [4.78, 5) is 24.3. The van der Waals surface area contributed by atoms with E-state index in [4.69, 9.17) is 9.47 Å². The number of aliphatic hydroxyl groups excluding tert-OH is 1. The van der Waals surface area contributed by atoms with Gasteiger partial charge in [-0.1, -0.05) is 186 Å². The molecular weight excluding hydrogens is 596 g/mol. The molecule has 1 N–H and O–H groups in total. The van der Waals surface area contributed by atoms with Gasteiger partial charge in [0.2, 0.25) is 0 Å². The molecule has 282 valence electrons. The number of carbonyl (C=O) groups is 2. The van der Waals surface area contributed by atoms with Gasteiger partial charge in [-0.3, -0.25) is 9.59 Å². The number of carbonyl (C=O) groups excluding carboxylic acids is 2. The minimum absolute atomic E-state index is 0.0629. The molecule has 0 bridgehead atoms. The van der Waals surface area contributed by atoms with Gasteiger partial charge in [0.05, 0.1) is 6.61 Å². The fourth-order valence-electron chi connectivity index (χ4n) is 6.06. The summed E-state index contributed by atoms with van der Waals surface area (Å²) < 4.78 is 10.6. The largest absolute Gasteiger partial charge is 0.462 e. The molecule has 0 heterocycles. The third kappa shape index (κ3) is 37.2. The van der Waals surface area contributed by atoms with Gasteiger partial charge in [0.1, 0.15) is 6.61 Å². The highest BCUT2D eigenvalue weighted by Crippen LogP contribution is 2.15. The number of esters is 2. The molecule has 5 heteroatoms. The van der Waals surface area contributed by atoms with Gasteiger partial charge in [-0.25, -0.2) is 0 Å². The molecule has 0 fully saturated rings. The van der Waals surface area contributed by atoms with Gasteiger partial charge in [0.15, 0.2) is 6.10 Å². The van der Waals surface area contributed by atoms with Gasteiger partial charge >= 0.3 is 11.9 Å². The molecule has 0 amide bonds. The van der Waals surface area contributed by atoms with Crippen LogP contribution in [0.15, 0.2) is 24.3 Å². The number of hydrogen-bond donors (Lipinski definition) is 1. The van der Waals surface area contributed by atoms with Gasteiger partial charge in [-0.2, -0.15) is 0 Å². The van der Waals surface area contributed by atoms with Crippen molar-refractivity contribution in [1.82, 2.24) is 0 Å². The second kappa shape index (κ2) is 39.8. The summed E-state index contributed by atoms with van der Waals surface area (Å²) in [6, 6.07) is 0. The molecule has 0 spiro atoms. The van der Waals surface area contributed by atoms with E-state index in [1.165, 1.54) is 148 Å². The van der Waals surface area contributed by atoms with E-state index < -0.39 is 6.10 Å². The molecule has 0 saturated heterocycles. The maximum absolute atomic E-state index is 12.2. The van der Waals surface area contributed by atoms with Gasteiger partial charge < -0.3 is 14.6 Å². The van der Waals surface area contributed by atoms with Crippen molar-refractivity contribution in [1.29, 1.82) is 0 Å². The highest BCUT2D eigenvalue weighted by Gasteiger charge is 2.16. The van der Waals surface area contributed by atoms with Crippen LogP contribution in [0.4, 0.5) is 0 Å². The molecule has 0 aromatic rings. The molecule has 0 unspecified atom stereocenters. The molecule has 0 aromatic carbocycles. The molecule has 1 atom stereocenters. The van der Waals surface area contributed by atoms with E-state index >= 15 is 0 Å². The van der Waals surface area contributed by atoms with E-state index in [0.717, 1.165) is 44.9 Å². The van der Waals surface area contributed by atoms with E-state index in [1.807, 2.05) is 0 Å². The zero-order chi connectivity index (χ0) is 35.0. The molecule has 5 nitrogen and oxygen atoms in total. The molecular formula is C43H80O5. The van der Waals surface area contributed by atoms with Crippen LogP contribution >= 0.6 is 0 Å². The van der Waals surface area contributed by atoms with E-state index in [9.17, 15) is 14.7 Å². The average molecular weight is 677 g/mol. The van der Waals surface area contributed by atoms with Crippen LogP contribution in [0.1, 0.15) is 219 Å². The Morgan fingerprint density at radius 2 is 0.833 bits per heavy atom. The van der Waals surface area contributed by atoms with Crippen LogP contribution in [0.25, 0.3) is 0 Å². The Morgan fingerprint density at radius 3 is 1.27 bits per heavy atom. The summed E-state index contributed by atoms with van der Waals surface area (Å²) in [6.07, 6.45) is 46.7. The van der Waals surface area contributed by atoms with Gasteiger partial charge in [-0.15, -0.1) is 0 Å². The zero-order valence-corrected chi connectivity index (χ0v) is 32.0. The third-order valence-electron chi connectivity index (χ3n) is 9.25. The Balaban J connectivity index is 3.52. The van der Waals surface area contributed by atoms with Gasteiger partial charge in [0, 0.05) is 12.8 Å². The number of rotatable bonds is 38. The first-order chi connectivity index (χ1) is 23.6. The predicted molar refractivity (Wildman–Crippen MR) is 205 cm³/mol.